The molecule has 1 saturated heterocycles. The van der Waals surface area contributed by atoms with E-state index in [0.717, 1.165) is 34.0 Å². The van der Waals surface area contributed by atoms with E-state index >= 15 is 0 Å². The number of benzene rings is 1. The first-order valence-electron chi connectivity index (χ1n) is 8.55. The van der Waals surface area contributed by atoms with Crippen molar-refractivity contribution in [3.63, 3.8) is 0 Å². The summed E-state index contributed by atoms with van der Waals surface area (Å²) in [6.45, 7) is 9.53. The highest BCUT2D eigenvalue weighted by molar-refractivity contribution is 8.16. The van der Waals surface area contributed by atoms with Crippen LogP contribution in [-0.4, -0.2) is 46.0 Å². The van der Waals surface area contributed by atoms with Crippen molar-refractivity contribution in [3.05, 3.63) is 45.8 Å². The second-order valence-corrected chi connectivity index (χ2v) is 8.52. The molecule has 1 heterocycles. The van der Waals surface area contributed by atoms with E-state index in [4.69, 9.17) is 11.3 Å². The lowest BCUT2D eigenvalue weighted by atomic mass is 9.97. The second kappa shape index (κ2) is 5.58. The Kier molecular flexibility index (Phi) is 3.67. The summed E-state index contributed by atoms with van der Waals surface area (Å²) < 4.78 is 4.40. The summed E-state index contributed by atoms with van der Waals surface area (Å²) in [7, 11) is 1.53. The molecule has 0 atom stereocenters. The van der Waals surface area contributed by atoms with E-state index in [1.165, 1.54) is 11.9 Å². The predicted molar refractivity (Wildman–Crippen MR) is 95.7 cm³/mol. The van der Waals surface area contributed by atoms with Crippen molar-refractivity contribution >= 4 is 28.9 Å². The van der Waals surface area contributed by atoms with E-state index < -0.39 is 16.3 Å². The van der Waals surface area contributed by atoms with Crippen LogP contribution in [0.2, 0.25) is 0 Å². The van der Waals surface area contributed by atoms with Gasteiger partial charge in [-0.1, -0.05) is 12.1 Å². The van der Waals surface area contributed by atoms with Crippen LogP contribution in [-0.2, 0) is 40.0 Å². The molecule has 3 aliphatic rings. The minimum Gasteiger partial charge on any atom is -0.460 e. The zero-order valence-corrected chi connectivity index (χ0v) is 15.4. The highest BCUT2D eigenvalue weighted by atomic mass is 32.2. The van der Waals surface area contributed by atoms with Crippen molar-refractivity contribution in [1.82, 2.24) is 4.90 Å². The number of hydrogen-bond acceptors (Lipinski definition) is 5. The van der Waals surface area contributed by atoms with Gasteiger partial charge < -0.3 is 4.74 Å². The molecule has 2 amide bonds. The smallest absolute Gasteiger partial charge is 0.394 e. The summed E-state index contributed by atoms with van der Waals surface area (Å²) in [5, 5.41) is -0.204. The van der Waals surface area contributed by atoms with Gasteiger partial charge in [0.1, 0.15) is 4.75 Å². The number of imide groups is 1. The molecular weight excluding hydrogens is 352 g/mol. The molecular formula is C19H18N2O4S. The lowest BCUT2D eigenvalue weighted by Gasteiger charge is -2.17. The van der Waals surface area contributed by atoms with Gasteiger partial charge in [-0.3, -0.25) is 19.3 Å². The van der Waals surface area contributed by atoms with Gasteiger partial charge in [0.05, 0.1) is 19.4 Å². The number of hydrogen-bond donors (Lipinski definition) is 0. The number of nitrogens with zero attached hydrogens (tertiary/aromatic N) is 2. The lowest BCUT2D eigenvalue weighted by Crippen LogP contribution is -2.38. The van der Waals surface area contributed by atoms with Crippen LogP contribution < -0.4 is 0 Å². The van der Waals surface area contributed by atoms with Crippen molar-refractivity contribution in [2.75, 3.05) is 13.7 Å². The first-order chi connectivity index (χ1) is 12.3. The molecule has 0 bridgehead atoms. The van der Waals surface area contributed by atoms with Gasteiger partial charge in [-0.25, -0.2) is 11.4 Å². The predicted octanol–water partition coefficient (Wildman–Crippen LogP) is 2.17. The Morgan fingerprint density at radius 2 is 1.73 bits per heavy atom. The minimum atomic E-state index is -1.17. The number of esters is 1. The van der Waals surface area contributed by atoms with Crippen molar-refractivity contribution < 1.29 is 19.1 Å². The number of rotatable bonds is 2. The molecule has 6 nitrogen and oxygen atoms in total. The highest BCUT2D eigenvalue weighted by Crippen LogP contribution is 2.48. The summed E-state index contributed by atoms with van der Waals surface area (Å²) in [6, 6.07) is 4.03. The summed E-state index contributed by atoms with van der Waals surface area (Å²) in [5.74, 6) is -0.595. The molecule has 1 aromatic rings. The largest absolute Gasteiger partial charge is 0.460 e. The fourth-order valence-corrected chi connectivity index (χ4v) is 5.48. The SMILES string of the molecule is [C-]#[N+]C1(C(=O)OCC)Cc2cc3c(cc2C1)CC1(C3)SC(=O)N(C)C1=O. The summed E-state index contributed by atoms with van der Waals surface area (Å²) >= 11 is 1.12. The number of ether oxygens (including phenoxy) is 1. The van der Waals surface area contributed by atoms with Gasteiger partial charge in [-0.2, -0.15) is 0 Å². The molecule has 0 N–H and O–H groups in total. The number of amides is 2. The number of fused-ring (bicyclic) bond motifs is 2. The summed E-state index contributed by atoms with van der Waals surface area (Å²) in [6.07, 6.45) is 1.70. The fourth-order valence-electron chi connectivity index (χ4n) is 4.25. The maximum Gasteiger partial charge on any atom is 0.394 e. The third kappa shape index (κ3) is 2.21. The van der Waals surface area contributed by atoms with Crippen LogP contribution in [0.15, 0.2) is 12.1 Å². The topological polar surface area (TPSA) is 68.0 Å². The summed E-state index contributed by atoms with van der Waals surface area (Å²) in [4.78, 5) is 41.6. The Hall–Kier alpha value is -2.33. The van der Waals surface area contributed by atoms with Crippen molar-refractivity contribution in [2.45, 2.75) is 42.9 Å². The lowest BCUT2D eigenvalue weighted by molar-refractivity contribution is -0.147. The molecule has 0 unspecified atom stereocenters. The molecule has 134 valence electrons. The van der Waals surface area contributed by atoms with Crippen molar-refractivity contribution in [2.24, 2.45) is 0 Å². The fraction of sp³-hybridized carbons (Fsp3) is 0.474. The Labute approximate surface area is 155 Å². The van der Waals surface area contributed by atoms with Crippen LogP contribution >= 0.6 is 11.8 Å². The van der Waals surface area contributed by atoms with Crippen molar-refractivity contribution in [1.29, 1.82) is 0 Å². The number of carbonyl (C=O) groups is 3. The average molecular weight is 370 g/mol. The van der Waals surface area contributed by atoms with E-state index in [0.29, 0.717) is 25.7 Å². The van der Waals surface area contributed by atoms with Gasteiger partial charge in [0.2, 0.25) is 5.91 Å². The van der Waals surface area contributed by atoms with E-state index in [2.05, 4.69) is 4.85 Å². The first kappa shape index (κ1) is 17.1. The molecule has 26 heavy (non-hydrogen) atoms. The summed E-state index contributed by atoms with van der Waals surface area (Å²) in [5.41, 5.74) is 2.86. The molecule has 1 aliphatic heterocycles. The second-order valence-electron chi connectivity index (χ2n) is 7.19. The monoisotopic (exact) mass is 370 g/mol. The first-order valence-corrected chi connectivity index (χ1v) is 9.36. The molecule has 1 fully saturated rings. The van der Waals surface area contributed by atoms with Gasteiger partial charge in [0, 0.05) is 7.05 Å². The highest BCUT2D eigenvalue weighted by Gasteiger charge is 2.56. The maximum absolute atomic E-state index is 12.6. The van der Waals surface area contributed by atoms with Gasteiger partial charge in [-0.05, 0) is 53.8 Å². The van der Waals surface area contributed by atoms with Crippen LogP contribution in [0.25, 0.3) is 4.85 Å². The van der Waals surface area contributed by atoms with Crippen molar-refractivity contribution in [3.8, 4) is 0 Å². The normalized spacial score (nSPS) is 21.7. The molecule has 4 rings (SSSR count). The quantitative estimate of drug-likeness (QED) is 0.590. The molecule has 0 saturated carbocycles. The van der Waals surface area contributed by atoms with Crippen LogP contribution in [0.5, 0.6) is 0 Å². The van der Waals surface area contributed by atoms with Gasteiger partial charge in [0.15, 0.2) is 0 Å². The van der Waals surface area contributed by atoms with Crippen LogP contribution in [0.4, 0.5) is 4.79 Å². The molecule has 0 aromatic heterocycles. The standard InChI is InChI=1S/C19H18N2O4S/c1-4-25-16(23)18(20-2)7-11-5-13-9-19(10-14(13)6-12(11)8-18)15(22)21(3)17(24)26-19/h5-6H,4,7-10H2,1,3H3. The van der Waals surface area contributed by atoms with Gasteiger partial charge in [0.25, 0.3) is 5.24 Å². The average Bonchev–Trinajstić information content (AvgIpc) is 3.21. The Morgan fingerprint density at radius 1 is 1.19 bits per heavy atom. The van der Waals surface area contributed by atoms with Crippen LogP contribution in [0, 0.1) is 6.57 Å². The Balaban J connectivity index is 1.65. The number of carbonyl (C=O) groups excluding carboxylic acids is 3. The van der Waals surface area contributed by atoms with E-state index in [1.807, 2.05) is 12.1 Å². The zero-order chi connectivity index (χ0) is 18.7. The zero-order valence-electron chi connectivity index (χ0n) is 14.6. The molecule has 1 spiro atoms. The van der Waals surface area contributed by atoms with E-state index in [9.17, 15) is 14.4 Å². The molecule has 7 heteroatoms. The number of thioether (sulfide) groups is 1. The van der Waals surface area contributed by atoms with E-state index in [-0.39, 0.29) is 17.8 Å². The van der Waals surface area contributed by atoms with E-state index in [1.54, 1.807) is 6.92 Å². The van der Waals surface area contributed by atoms with Crippen LogP contribution in [0.3, 0.4) is 0 Å². The third-order valence-corrected chi connectivity index (χ3v) is 6.86. The van der Waals surface area contributed by atoms with Gasteiger partial charge in [-0.15, -0.1) is 0 Å². The third-order valence-electron chi connectivity index (χ3n) is 5.56. The molecule has 2 aliphatic carbocycles. The molecule has 0 radical (unpaired) electrons. The molecule has 1 aromatic carbocycles. The maximum atomic E-state index is 12.6. The van der Waals surface area contributed by atoms with Crippen LogP contribution in [0.1, 0.15) is 29.2 Å². The minimum absolute atomic E-state index is 0.133. The Bertz CT molecular complexity index is 867. The van der Waals surface area contributed by atoms with Gasteiger partial charge >= 0.3 is 11.5 Å². The Morgan fingerprint density at radius 3 is 2.15 bits per heavy atom.